The minimum absolute atomic E-state index is 0.0497. The Bertz CT molecular complexity index is 1100. The maximum atomic E-state index is 14.4. The SMILES string of the molecule is CCC(F)(F)C(F)(F)C(F)(F)C(F)(F)C(F)(F)C(CCCC(F)(F)C(F)(F)C(F)(F)C(F)(F)C(F)(F)C(F)(F)C(F)(F)F)CC(=O)O. The van der Waals surface area contributed by atoms with E-state index in [2.05, 4.69) is 0 Å². The molecule has 1 N–H and O–H groups in total. The molecule has 0 radical (unpaired) electrons. The van der Waals surface area contributed by atoms with E-state index in [0.717, 1.165) is 0 Å². The molecule has 0 saturated carbocycles. The predicted molar refractivity (Wildman–Crippen MR) is 100 cm³/mol. The summed E-state index contributed by atoms with van der Waals surface area (Å²) in [6, 6.07) is 0. The van der Waals surface area contributed by atoms with Crippen molar-refractivity contribution in [2.75, 3.05) is 0 Å². The molecule has 0 heterocycles. The molecule has 1 unspecified atom stereocenters. The van der Waals surface area contributed by atoms with Gasteiger partial charge in [-0.25, -0.2) is 0 Å². The van der Waals surface area contributed by atoms with Gasteiger partial charge < -0.3 is 5.11 Å². The van der Waals surface area contributed by atoms with E-state index in [0.29, 0.717) is 0 Å². The minimum atomic E-state index is -8.77. The zero-order valence-corrected chi connectivity index (χ0v) is 21.9. The lowest BCUT2D eigenvalue weighted by Gasteiger charge is -2.42. The zero-order valence-electron chi connectivity index (χ0n) is 21.9. The second kappa shape index (κ2) is 12.2. The summed E-state index contributed by atoms with van der Waals surface area (Å²) in [6.07, 6.45) is -22.1. The van der Waals surface area contributed by atoms with Crippen LogP contribution in [0.3, 0.4) is 0 Å². The summed E-state index contributed by atoms with van der Waals surface area (Å²) in [4.78, 5) is 10.7. The molecule has 0 aromatic heterocycles. The minimum Gasteiger partial charge on any atom is -0.481 e. The lowest BCUT2D eigenvalue weighted by Crippen LogP contribution is -2.72. The highest BCUT2D eigenvalue weighted by Crippen LogP contribution is 2.63. The molecular formula is C20H15F25O2. The highest BCUT2D eigenvalue weighted by molar-refractivity contribution is 5.67. The first-order valence-corrected chi connectivity index (χ1v) is 11.5. The van der Waals surface area contributed by atoms with Crippen molar-refractivity contribution in [3.05, 3.63) is 0 Å². The molecule has 0 saturated heterocycles. The van der Waals surface area contributed by atoms with E-state index in [1.807, 2.05) is 0 Å². The van der Waals surface area contributed by atoms with Crippen LogP contribution < -0.4 is 0 Å². The lowest BCUT2D eigenvalue weighted by atomic mass is 9.82. The van der Waals surface area contributed by atoms with Gasteiger partial charge in [0.15, 0.2) is 0 Å². The predicted octanol–water partition coefficient (Wildman–Crippen LogP) is 10.2. The van der Waals surface area contributed by atoms with Crippen molar-refractivity contribution in [2.45, 2.75) is 110 Å². The van der Waals surface area contributed by atoms with Gasteiger partial charge in [0.2, 0.25) is 0 Å². The van der Waals surface area contributed by atoms with Crippen LogP contribution in [-0.4, -0.2) is 82.4 Å². The highest BCUT2D eigenvalue weighted by Gasteiger charge is 2.93. The van der Waals surface area contributed by atoms with Crippen molar-refractivity contribution in [3.8, 4) is 0 Å². The van der Waals surface area contributed by atoms with Crippen LogP contribution in [0.4, 0.5) is 110 Å². The van der Waals surface area contributed by atoms with Gasteiger partial charge in [0, 0.05) is 18.8 Å². The molecule has 0 bridgehead atoms. The highest BCUT2D eigenvalue weighted by atomic mass is 19.4. The number of aliphatic carboxylic acids is 1. The monoisotopic (exact) mass is 762 g/mol. The number of alkyl halides is 25. The number of carboxylic acid groups (broad SMARTS) is 1. The Kier molecular flexibility index (Phi) is 11.7. The Balaban J connectivity index is 6.66. The number of carbonyl (C=O) groups is 1. The van der Waals surface area contributed by atoms with Crippen LogP contribution >= 0.6 is 0 Å². The molecule has 27 heteroatoms. The van der Waals surface area contributed by atoms with Crippen LogP contribution in [0.1, 0.15) is 39.0 Å². The van der Waals surface area contributed by atoms with Crippen molar-refractivity contribution in [1.29, 1.82) is 0 Å². The number of hydrogen-bond donors (Lipinski definition) is 1. The topological polar surface area (TPSA) is 37.3 Å². The normalized spacial score (nSPS) is 16.8. The van der Waals surface area contributed by atoms with Gasteiger partial charge >= 0.3 is 77.3 Å². The Labute approximate surface area is 243 Å². The Hall–Kier alpha value is -2.28. The fourth-order valence-corrected chi connectivity index (χ4v) is 3.46. The molecule has 0 aromatic rings. The maximum absolute atomic E-state index is 14.4. The van der Waals surface area contributed by atoms with E-state index in [-0.39, 0.29) is 6.92 Å². The van der Waals surface area contributed by atoms with E-state index in [4.69, 9.17) is 5.11 Å². The number of halogens is 25. The first-order valence-electron chi connectivity index (χ1n) is 11.5. The van der Waals surface area contributed by atoms with Gasteiger partial charge in [0.05, 0.1) is 6.42 Å². The van der Waals surface area contributed by atoms with Gasteiger partial charge in [-0.2, -0.15) is 110 Å². The van der Waals surface area contributed by atoms with Crippen molar-refractivity contribution in [3.63, 3.8) is 0 Å². The van der Waals surface area contributed by atoms with Crippen molar-refractivity contribution >= 4 is 5.97 Å². The van der Waals surface area contributed by atoms with E-state index in [1.165, 1.54) is 0 Å². The van der Waals surface area contributed by atoms with Gasteiger partial charge in [-0.1, -0.05) is 6.92 Å². The molecular weight excluding hydrogens is 747 g/mol. The summed E-state index contributed by atoms with van der Waals surface area (Å²) in [5.41, 5.74) is 0. The quantitative estimate of drug-likeness (QED) is 0.150. The van der Waals surface area contributed by atoms with Gasteiger partial charge in [0.1, 0.15) is 0 Å². The third-order valence-corrected chi connectivity index (χ3v) is 6.48. The van der Waals surface area contributed by atoms with E-state index >= 15 is 0 Å². The third-order valence-electron chi connectivity index (χ3n) is 6.48. The zero-order chi connectivity index (χ0) is 38.7. The molecule has 0 amide bonds. The number of hydrogen-bond acceptors (Lipinski definition) is 1. The van der Waals surface area contributed by atoms with Crippen LogP contribution in [0.25, 0.3) is 0 Å². The second-order valence-corrected chi connectivity index (χ2v) is 9.67. The molecule has 0 spiro atoms. The first kappa shape index (κ1) is 44.7. The van der Waals surface area contributed by atoms with Crippen molar-refractivity contribution < 1.29 is 120 Å². The van der Waals surface area contributed by atoms with E-state index < -0.39 is 115 Å². The fraction of sp³-hybridized carbons (Fsp3) is 0.950. The summed E-state index contributed by atoms with van der Waals surface area (Å²) in [6.45, 7) is -0.0497. The van der Waals surface area contributed by atoms with E-state index in [9.17, 15) is 115 Å². The third kappa shape index (κ3) is 6.56. The van der Waals surface area contributed by atoms with Crippen molar-refractivity contribution in [2.24, 2.45) is 5.92 Å². The molecule has 1 atom stereocenters. The smallest absolute Gasteiger partial charge is 0.460 e. The Morgan fingerprint density at radius 1 is 0.489 bits per heavy atom. The second-order valence-electron chi connectivity index (χ2n) is 9.67. The van der Waals surface area contributed by atoms with E-state index in [1.54, 1.807) is 0 Å². The molecule has 47 heavy (non-hydrogen) atoms. The molecule has 0 aliphatic rings. The molecule has 282 valence electrons. The van der Waals surface area contributed by atoms with Crippen LogP contribution in [0, 0.1) is 5.92 Å². The average Bonchev–Trinajstić information content (AvgIpc) is 2.85. The summed E-state index contributed by atoms with van der Waals surface area (Å²) >= 11 is 0. The maximum Gasteiger partial charge on any atom is 0.460 e. The molecule has 0 aliphatic heterocycles. The molecule has 0 fully saturated rings. The molecule has 0 aromatic carbocycles. The van der Waals surface area contributed by atoms with Crippen LogP contribution in [0.15, 0.2) is 0 Å². The van der Waals surface area contributed by atoms with Gasteiger partial charge in [-0.05, 0) is 12.8 Å². The van der Waals surface area contributed by atoms with Crippen molar-refractivity contribution in [1.82, 2.24) is 0 Å². The van der Waals surface area contributed by atoms with Gasteiger partial charge in [-0.15, -0.1) is 0 Å². The summed E-state index contributed by atoms with van der Waals surface area (Å²) < 4.78 is 337. The number of carboxylic acids is 1. The molecule has 0 aliphatic carbocycles. The number of rotatable bonds is 17. The lowest BCUT2D eigenvalue weighted by molar-refractivity contribution is -0.452. The molecule has 2 nitrogen and oxygen atoms in total. The Morgan fingerprint density at radius 3 is 1.15 bits per heavy atom. The van der Waals surface area contributed by atoms with Gasteiger partial charge in [0.25, 0.3) is 0 Å². The summed E-state index contributed by atoms with van der Waals surface area (Å²) in [5, 5.41) is 8.53. The fourth-order valence-electron chi connectivity index (χ4n) is 3.46. The average molecular weight is 762 g/mol. The van der Waals surface area contributed by atoms with Crippen LogP contribution in [0.2, 0.25) is 0 Å². The van der Waals surface area contributed by atoms with Crippen LogP contribution in [-0.2, 0) is 4.79 Å². The van der Waals surface area contributed by atoms with Gasteiger partial charge in [-0.3, -0.25) is 4.79 Å². The summed E-state index contributed by atoms with van der Waals surface area (Å²) in [5.74, 6) is -93.4. The summed E-state index contributed by atoms with van der Waals surface area (Å²) in [7, 11) is 0. The standard InChI is InChI=1S/C20H15F25O2/c1-2-9(21,22)12(27,28)15(33,34)14(31,32)11(25,26)7(6-8(46)47)4-3-5-10(23,24)13(29,30)16(35,36)17(37,38)18(39,40)19(41,42)20(43,44)45/h7H,2-6H2,1H3,(H,46,47). The first-order chi connectivity index (χ1) is 20.1. The molecule has 0 rings (SSSR count). The largest absolute Gasteiger partial charge is 0.481 e. The van der Waals surface area contributed by atoms with Crippen LogP contribution in [0.5, 0.6) is 0 Å². The Morgan fingerprint density at radius 2 is 0.809 bits per heavy atom.